The van der Waals surface area contributed by atoms with Crippen molar-refractivity contribution in [3.8, 4) is 11.5 Å². The Balaban J connectivity index is 2.22. The number of hydrogen-bond acceptors (Lipinski definition) is 3. The van der Waals surface area contributed by atoms with Crippen LogP contribution < -0.4 is 9.47 Å². The molecule has 0 aliphatic heterocycles. The summed E-state index contributed by atoms with van der Waals surface area (Å²) < 4.78 is 12.3. The second kappa shape index (κ2) is 7.48. The van der Waals surface area contributed by atoms with Crippen LogP contribution in [0.2, 0.25) is 0 Å². The monoisotopic (exact) mass is 350 g/mol. The number of hydrogen-bond donors (Lipinski definition) is 1. The first-order valence-corrected chi connectivity index (χ1v) is 7.68. The third-order valence-electron chi connectivity index (χ3n) is 3.23. The van der Waals surface area contributed by atoms with Gasteiger partial charge in [-0.05, 0) is 42.7 Å². The van der Waals surface area contributed by atoms with Crippen LogP contribution in [-0.4, -0.2) is 11.7 Å². The number of aryl methyl sites for hydroxylation is 1. The van der Waals surface area contributed by atoms with Crippen LogP contribution in [0.4, 0.5) is 0 Å². The highest BCUT2D eigenvalue weighted by Gasteiger charge is 2.11. The van der Waals surface area contributed by atoms with Crippen molar-refractivity contribution in [1.29, 1.82) is 0 Å². The fourth-order valence-electron chi connectivity index (χ4n) is 2.01. The minimum atomic E-state index is -0.0429. The van der Waals surface area contributed by atoms with Gasteiger partial charge in [-0.25, -0.2) is 0 Å². The minimum absolute atomic E-state index is 0.0429. The van der Waals surface area contributed by atoms with Gasteiger partial charge in [0.2, 0.25) is 0 Å². The summed E-state index contributed by atoms with van der Waals surface area (Å²) in [5.41, 5.74) is 3.12. The SMILES string of the molecule is CCOc1cc(CO)c(Br)cc1OCc1ccccc1C. The Bertz CT molecular complexity index is 611. The largest absolute Gasteiger partial charge is 0.490 e. The van der Waals surface area contributed by atoms with Crippen molar-refractivity contribution in [1.82, 2.24) is 0 Å². The van der Waals surface area contributed by atoms with Crippen LogP contribution in [0, 0.1) is 6.92 Å². The Morgan fingerprint density at radius 1 is 1.05 bits per heavy atom. The third-order valence-corrected chi connectivity index (χ3v) is 3.97. The van der Waals surface area contributed by atoms with Gasteiger partial charge in [0.25, 0.3) is 0 Å². The quantitative estimate of drug-likeness (QED) is 0.847. The molecule has 0 atom stereocenters. The summed E-state index contributed by atoms with van der Waals surface area (Å²) in [6.07, 6.45) is 0. The molecule has 0 radical (unpaired) electrons. The Morgan fingerprint density at radius 2 is 1.76 bits per heavy atom. The van der Waals surface area contributed by atoms with E-state index in [9.17, 15) is 5.11 Å². The second-order valence-electron chi connectivity index (χ2n) is 4.70. The smallest absolute Gasteiger partial charge is 0.162 e. The first-order valence-electron chi connectivity index (χ1n) is 6.89. The van der Waals surface area contributed by atoms with Crippen LogP contribution >= 0.6 is 15.9 Å². The summed E-state index contributed by atoms with van der Waals surface area (Å²) in [6.45, 7) is 4.97. The highest BCUT2D eigenvalue weighted by molar-refractivity contribution is 9.10. The molecule has 0 heterocycles. The molecular formula is C17H19BrO3. The van der Waals surface area contributed by atoms with Crippen molar-refractivity contribution >= 4 is 15.9 Å². The van der Waals surface area contributed by atoms with Crippen LogP contribution in [0.15, 0.2) is 40.9 Å². The molecule has 0 aliphatic rings. The van der Waals surface area contributed by atoms with E-state index in [-0.39, 0.29) is 6.61 Å². The Labute approximate surface area is 133 Å². The van der Waals surface area contributed by atoms with Crippen molar-refractivity contribution in [3.05, 3.63) is 57.6 Å². The second-order valence-corrected chi connectivity index (χ2v) is 5.55. The van der Waals surface area contributed by atoms with Gasteiger partial charge >= 0.3 is 0 Å². The van der Waals surface area contributed by atoms with Crippen molar-refractivity contribution in [2.24, 2.45) is 0 Å². The van der Waals surface area contributed by atoms with Crippen molar-refractivity contribution in [2.75, 3.05) is 6.61 Å². The maximum Gasteiger partial charge on any atom is 0.162 e. The Kier molecular flexibility index (Phi) is 5.65. The van der Waals surface area contributed by atoms with E-state index in [2.05, 4.69) is 28.9 Å². The van der Waals surface area contributed by atoms with E-state index >= 15 is 0 Å². The van der Waals surface area contributed by atoms with E-state index in [1.165, 1.54) is 5.56 Å². The van der Waals surface area contributed by atoms with E-state index in [1.807, 2.05) is 31.2 Å². The Morgan fingerprint density at radius 3 is 2.43 bits per heavy atom. The highest BCUT2D eigenvalue weighted by atomic mass is 79.9. The van der Waals surface area contributed by atoms with Crippen LogP contribution in [0.1, 0.15) is 23.6 Å². The average molecular weight is 351 g/mol. The molecule has 0 unspecified atom stereocenters. The van der Waals surface area contributed by atoms with Gasteiger partial charge in [0.05, 0.1) is 13.2 Å². The van der Waals surface area contributed by atoms with Gasteiger partial charge in [0.1, 0.15) is 6.61 Å². The molecule has 0 saturated carbocycles. The molecule has 4 heteroatoms. The fourth-order valence-corrected chi connectivity index (χ4v) is 2.45. The number of benzene rings is 2. The van der Waals surface area contributed by atoms with Gasteiger partial charge in [-0.2, -0.15) is 0 Å². The summed E-state index contributed by atoms with van der Waals surface area (Å²) in [6, 6.07) is 11.8. The zero-order valence-corrected chi connectivity index (χ0v) is 13.8. The van der Waals surface area contributed by atoms with E-state index in [0.717, 1.165) is 15.6 Å². The zero-order chi connectivity index (χ0) is 15.2. The zero-order valence-electron chi connectivity index (χ0n) is 12.2. The van der Waals surface area contributed by atoms with Gasteiger partial charge in [-0.3, -0.25) is 0 Å². The van der Waals surface area contributed by atoms with E-state index in [4.69, 9.17) is 9.47 Å². The maximum atomic E-state index is 9.32. The topological polar surface area (TPSA) is 38.7 Å². The van der Waals surface area contributed by atoms with Gasteiger partial charge in [-0.15, -0.1) is 0 Å². The average Bonchev–Trinajstić information content (AvgIpc) is 2.48. The Hall–Kier alpha value is -1.52. The molecule has 2 aromatic carbocycles. The standard InChI is InChI=1S/C17H19BrO3/c1-3-20-16-8-14(10-19)15(18)9-17(16)21-11-13-7-5-4-6-12(13)2/h4-9,19H,3,10-11H2,1-2H3. The molecule has 112 valence electrons. The molecule has 0 saturated heterocycles. The number of aliphatic hydroxyl groups excluding tert-OH is 1. The normalized spacial score (nSPS) is 10.5. The van der Waals surface area contributed by atoms with E-state index in [1.54, 1.807) is 6.07 Å². The molecule has 2 rings (SSSR count). The molecule has 0 spiro atoms. The number of rotatable bonds is 6. The van der Waals surface area contributed by atoms with E-state index < -0.39 is 0 Å². The lowest BCUT2D eigenvalue weighted by Gasteiger charge is -2.15. The summed E-state index contributed by atoms with van der Waals surface area (Å²) in [5.74, 6) is 1.32. The first-order chi connectivity index (χ1) is 10.2. The number of aliphatic hydroxyl groups is 1. The molecule has 0 fully saturated rings. The lowest BCUT2D eigenvalue weighted by atomic mass is 10.1. The predicted octanol–water partition coefficient (Wildman–Crippen LogP) is 4.23. The molecular weight excluding hydrogens is 332 g/mol. The molecule has 3 nitrogen and oxygen atoms in total. The first kappa shape index (κ1) is 15.9. The maximum absolute atomic E-state index is 9.32. The van der Waals surface area contributed by atoms with Gasteiger partial charge < -0.3 is 14.6 Å². The summed E-state index contributed by atoms with van der Waals surface area (Å²) >= 11 is 3.44. The van der Waals surface area contributed by atoms with Crippen LogP contribution in [-0.2, 0) is 13.2 Å². The predicted molar refractivity (Wildman–Crippen MR) is 86.7 cm³/mol. The molecule has 1 N–H and O–H groups in total. The molecule has 0 bridgehead atoms. The fraction of sp³-hybridized carbons (Fsp3) is 0.294. The lowest BCUT2D eigenvalue weighted by molar-refractivity contribution is 0.263. The van der Waals surface area contributed by atoms with Gasteiger partial charge in [0, 0.05) is 4.47 Å². The van der Waals surface area contributed by atoms with Gasteiger partial charge in [0.15, 0.2) is 11.5 Å². The molecule has 21 heavy (non-hydrogen) atoms. The van der Waals surface area contributed by atoms with Gasteiger partial charge in [-0.1, -0.05) is 40.2 Å². The van der Waals surface area contributed by atoms with Crippen molar-refractivity contribution in [3.63, 3.8) is 0 Å². The summed E-state index contributed by atoms with van der Waals surface area (Å²) in [5, 5.41) is 9.32. The third kappa shape index (κ3) is 3.99. The molecule has 0 aliphatic carbocycles. The lowest BCUT2D eigenvalue weighted by Crippen LogP contribution is -2.02. The van der Waals surface area contributed by atoms with Crippen LogP contribution in [0.25, 0.3) is 0 Å². The van der Waals surface area contributed by atoms with Crippen LogP contribution in [0.5, 0.6) is 11.5 Å². The van der Waals surface area contributed by atoms with Crippen molar-refractivity contribution < 1.29 is 14.6 Å². The summed E-state index contributed by atoms with van der Waals surface area (Å²) in [7, 11) is 0. The molecule has 0 aromatic heterocycles. The molecule has 0 amide bonds. The minimum Gasteiger partial charge on any atom is -0.490 e. The number of ether oxygens (including phenoxy) is 2. The highest BCUT2D eigenvalue weighted by Crippen LogP contribution is 2.34. The number of halogens is 1. The van der Waals surface area contributed by atoms with Crippen molar-refractivity contribution in [2.45, 2.75) is 27.1 Å². The van der Waals surface area contributed by atoms with Crippen LogP contribution in [0.3, 0.4) is 0 Å². The van der Waals surface area contributed by atoms with E-state index in [0.29, 0.717) is 24.7 Å². The molecule has 2 aromatic rings. The summed E-state index contributed by atoms with van der Waals surface area (Å²) in [4.78, 5) is 0.